The van der Waals surface area contributed by atoms with Crippen molar-refractivity contribution in [3.63, 3.8) is 0 Å². The molecule has 0 spiro atoms. The molecule has 2 heterocycles. The Labute approximate surface area is 195 Å². The number of carbonyl (C=O) groups is 2. The van der Waals surface area contributed by atoms with Crippen LogP contribution in [0.3, 0.4) is 0 Å². The number of methoxy groups -OCH3 is 1. The van der Waals surface area contributed by atoms with Crippen LogP contribution in [0.1, 0.15) is 19.4 Å². The molecule has 1 saturated heterocycles. The standard InChI is InChI=1S/C25H25BrN2O4/c1-16(11-25(30)28-9-7-27(8-10-28)17(2)29)20-13-21-22(18-5-4-6-19(26)12-18)15-32-24(21)14-23(20)31-3/h4-6,11-15H,7-10H2,1-3H3/b16-11+. The first-order chi connectivity index (χ1) is 15.4. The van der Waals surface area contributed by atoms with Gasteiger partial charge in [0.05, 0.1) is 13.4 Å². The molecule has 7 heteroatoms. The molecular formula is C25H25BrN2O4. The van der Waals surface area contributed by atoms with E-state index >= 15 is 0 Å². The fourth-order valence-corrected chi connectivity index (χ4v) is 4.41. The lowest BCUT2D eigenvalue weighted by molar-refractivity contribution is -0.135. The number of carbonyl (C=O) groups excluding carboxylic acids is 2. The van der Waals surface area contributed by atoms with Gasteiger partial charge in [-0.05, 0) is 36.3 Å². The van der Waals surface area contributed by atoms with Crippen LogP contribution in [0.25, 0.3) is 27.7 Å². The van der Waals surface area contributed by atoms with Crippen molar-refractivity contribution >= 4 is 44.3 Å². The van der Waals surface area contributed by atoms with E-state index in [1.54, 1.807) is 36.2 Å². The SMILES string of the molecule is COc1cc2occ(-c3cccc(Br)c3)c2cc1/C(C)=C/C(=O)N1CCN(C(C)=O)CC1. The Kier molecular flexibility index (Phi) is 6.37. The Bertz CT molecular complexity index is 1210. The lowest BCUT2D eigenvalue weighted by Crippen LogP contribution is -2.49. The van der Waals surface area contributed by atoms with E-state index in [1.807, 2.05) is 43.3 Å². The van der Waals surface area contributed by atoms with Crippen molar-refractivity contribution in [2.45, 2.75) is 13.8 Å². The molecule has 1 fully saturated rings. The summed E-state index contributed by atoms with van der Waals surface area (Å²) < 4.78 is 12.4. The van der Waals surface area contributed by atoms with Gasteiger partial charge in [0.2, 0.25) is 11.8 Å². The predicted octanol–water partition coefficient (Wildman–Crippen LogP) is 4.96. The van der Waals surface area contributed by atoms with Crippen molar-refractivity contribution in [1.82, 2.24) is 9.80 Å². The topological polar surface area (TPSA) is 63.0 Å². The average molecular weight is 497 g/mol. The third kappa shape index (κ3) is 4.43. The lowest BCUT2D eigenvalue weighted by atomic mass is 9.99. The lowest BCUT2D eigenvalue weighted by Gasteiger charge is -2.33. The van der Waals surface area contributed by atoms with E-state index in [4.69, 9.17) is 9.15 Å². The minimum Gasteiger partial charge on any atom is -0.496 e. The van der Waals surface area contributed by atoms with Gasteiger partial charge in [-0.2, -0.15) is 0 Å². The average Bonchev–Trinajstić information content (AvgIpc) is 3.21. The van der Waals surface area contributed by atoms with Gasteiger partial charge in [0.15, 0.2) is 0 Å². The quantitative estimate of drug-likeness (QED) is 0.478. The first-order valence-corrected chi connectivity index (χ1v) is 11.2. The zero-order chi connectivity index (χ0) is 22.8. The number of piperazine rings is 1. The van der Waals surface area contributed by atoms with Crippen LogP contribution in [0.2, 0.25) is 0 Å². The Balaban J connectivity index is 1.66. The molecule has 2 aromatic carbocycles. The molecule has 32 heavy (non-hydrogen) atoms. The Morgan fingerprint density at radius 1 is 1.06 bits per heavy atom. The first kappa shape index (κ1) is 22.1. The number of halogens is 1. The summed E-state index contributed by atoms with van der Waals surface area (Å²) in [5, 5.41) is 0.953. The van der Waals surface area contributed by atoms with Crippen LogP contribution in [0, 0.1) is 0 Å². The Hall–Kier alpha value is -3.06. The summed E-state index contributed by atoms with van der Waals surface area (Å²) in [6, 6.07) is 11.9. The van der Waals surface area contributed by atoms with Crippen molar-refractivity contribution in [1.29, 1.82) is 0 Å². The second-order valence-corrected chi connectivity index (χ2v) is 8.78. The van der Waals surface area contributed by atoms with Gasteiger partial charge in [0.1, 0.15) is 11.3 Å². The van der Waals surface area contributed by atoms with E-state index in [-0.39, 0.29) is 11.8 Å². The van der Waals surface area contributed by atoms with Crippen LogP contribution in [0.5, 0.6) is 5.75 Å². The molecule has 6 nitrogen and oxygen atoms in total. The number of hydrogen-bond donors (Lipinski definition) is 0. The number of fused-ring (bicyclic) bond motifs is 1. The highest BCUT2D eigenvalue weighted by molar-refractivity contribution is 9.10. The van der Waals surface area contributed by atoms with E-state index < -0.39 is 0 Å². The fourth-order valence-electron chi connectivity index (χ4n) is 4.01. The first-order valence-electron chi connectivity index (χ1n) is 10.5. The summed E-state index contributed by atoms with van der Waals surface area (Å²) in [6.45, 7) is 5.66. The zero-order valence-electron chi connectivity index (χ0n) is 18.4. The van der Waals surface area contributed by atoms with Gasteiger partial charge >= 0.3 is 0 Å². The molecule has 0 saturated carbocycles. The summed E-state index contributed by atoms with van der Waals surface area (Å²) in [4.78, 5) is 27.9. The van der Waals surface area contributed by atoms with Crippen LogP contribution in [0.15, 0.2) is 57.6 Å². The number of allylic oxidation sites excluding steroid dienone is 1. The highest BCUT2D eigenvalue weighted by Gasteiger charge is 2.22. The number of hydrogen-bond acceptors (Lipinski definition) is 4. The molecule has 1 aliphatic heterocycles. The molecular weight excluding hydrogens is 472 g/mol. The van der Waals surface area contributed by atoms with Crippen molar-refractivity contribution in [3.8, 4) is 16.9 Å². The van der Waals surface area contributed by atoms with Gasteiger partial charge in [-0.25, -0.2) is 0 Å². The fraction of sp³-hybridized carbons (Fsp3) is 0.280. The number of amides is 2. The van der Waals surface area contributed by atoms with Gasteiger partial charge in [0, 0.05) is 66.2 Å². The maximum Gasteiger partial charge on any atom is 0.246 e. The van der Waals surface area contributed by atoms with E-state index in [0.717, 1.165) is 37.7 Å². The number of furan rings is 1. The molecule has 0 N–H and O–H groups in total. The van der Waals surface area contributed by atoms with Crippen LogP contribution in [-0.2, 0) is 9.59 Å². The summed E-state index contributed by atoms with van der Waals surface area (Å²) in [5.41, 5.74) is 4.39. The molecule has 1 aromatic heterocycles. The Morgan fingerprint density at radius 3 is 2.44 bits per heavy atom. The molecule has 1 aliphatic rings. The summed E-state index contributed by atoms with van der Waals surface area (Å²) >= 11 is 3.53. The normalized spacial score (nSPS) is 14.7. The summed E-state index contributed by atoms with van der Waals surface area (Å²) in [7, 11) is 1.61. The Morgan fingerprint density at radius 2 is 1.78 bits per heavy atom. The summed E-state index contributed by atoms with van der Waals surface area (Å²) in [5.74, 6) is 0.631. The molecule has 166 valence electrons. The van der Waals surface area contributed by atoms with Gasteiger partial charge in [0.25, 0.3) is 0 Å². The molecule has 4 rings (SSSR count). The van der Waals surface area contributed by atoms with E-state index in [2.05, 4.69) is 15.9 Å². The van der Waals surface area contributed by atoms with Crippen molar-refractivity contribution < 1.29 is 18.7 Å². The molecule has 0 bridgehead atoms. The second kappa shape index (κ2) is 9.20. The minimum absolute atomic E-state index is 0.0447. The van der Waals surface area contributed by atoms with Crippen LogP contribution >= 0.6 is 15.9 Å². The van der Waals surface area contributed by atoms with Crippen LogP contribution < -0.4 is 4.74 Å². The zero-order valence-corrected chi connectivity index (χ0v) is 19.9. The third-order valence-corrected chi connectivity index (χ3v) is 6.33. The minimum atomic E-state index is -0.0627. The van der Waals surface area contributed by atoms with Gasteiger partial charge in [-0.15, -0.1) is 0 Å². The molecule has 2 amide bonds. The monoisotopic (exact) mass is 496 g/mol. The smallest absolute Gasteiger partial charge is 0.246 e. The molecule has 0 radical (unpaired) electrons. The largest absolute Gasteiger partial charge is 0.496 e. The second-order valence-electron chi connectivity index (χ2n) is 7.87. The summed E-state index contributed by atoms with van der Waals surface area (Å²) in [6.07, 6.45) is 3.39. The molecule has 0 unspecified atom stereocenters. The number of benzene rings is 2. The number of rotatable bonds is 4. The van der Waals surface area contributed by atoms with Gasteiger partial charge in [-0.3, -0.25) is 9.59 Å². The van der Waals surface area contributed by atoms with Crippen molar-refractivity contribution in [2.75, 3.05) is 33.3 Å². The highest BCUT2D eigenvalue weighted by Crippen LogP contribution is 2.38. The number of ether oxygens (including phenoxy) is 1. The van der Waals surface area contributed by atoms with Crippen molar-refractivity contribution in [2.24, 2.45) is 0 Å². The maximum absolute atomic E-state index is 12.9. The maximum atomic E-state index is 12.9. The van der Waals surface area contributed by atoms with E-state index in [9.17, 15) is 9.59 Å². The molecule has 3 aromatic rings. The molecule has 0 atom stereocenters. The highest BCUT2D eigenvalue weighted by atomic mass is 79.9. The molecule has 0 aliphatic carbocycles. The van der Waals surface area contributed by atoms with Crippen LogP contribution in [0.4, 0.5) is 0 Å². The van der Waals surface area contributed by atoms with E-state index in [0.29, 0.717) is 31.9 Å². The van der Waals surface area contributed by atoms with E-state index in [1.165, 1.54) is 0 Å². The van der Waals surface area contributed by atoms with Crippen LogP contribution in [-0.4, -0.2) is 54.9 Å². The van der Waals surface area contributed by atoms with Gasteiger partial charge in [-0.1, -0.05) is 28.1 Å². The predicted molar refractivity (Wildman–Crippen MR) is 128 cm³/mol. The third-order valence-electron chi connectivity index (χ3n) is 5.83. The van der Waals surface area contributed by atoms with Gasteiger partial charge < -0.3 is 19.0 Å². The number of nitrogens with zero attached hydrogens (tertiary/aromatic N) is 2. The van der Waals surface area contributed by atoms with Crippen molar-refractivity contribution in [3.05, 3.63) is 58.8 Å².